The van der Waals surface area contributed by atoms with Crippen LogP contribution >= 0.6 is 0 Å². The van der Waals surface area contributed by atoms with E-state index in [1.165, 1.54) is 0 Å². The molecule has 0 aliphatic rings. The first-order valence-corrected chi connectivity index (χ1v) is 6.12. The number of hydrogen-bond acceptors (Lipinski definition) is 3. The topological polar surface area (TPSA) is 67.2 Å². The van der Waals surface area contributed by atoms with Gasteiger partial charge in [-0.25, -0.2) is 0 Å². The second kappa shape index (κ2) is 5.67. The summed E-state index contributed by atoms with van der Waals surface area (Å²) in [4.78, 5) is 12.0. The van der Waals surface area contributed by atoms with Crippen LogP contribution in [0.2, 0.25) is 0 Å². The number of nitrogens with zero attached hydrogens (tertiary/aromatic N) is 2. The van der Waals surface area contributed by atoms with Crippen LogP contribution in [0.3, 0.4) is 0 Å². The standard InChI is InChI=1S/C14H17N3O2/c1-10-9-13(16-17(10)2)14(19)15-12-5-3-11(4-6-12)7-8-18/h3-6,9,18H,7-8H2,1-2H3,(H,15,19). The number of nitrogens with one attached hydrogen (secondary N) is 1. The SMILES string of the molecule is Cc1cc(C(=O)Nc2ccc(CCO)cc2)nn1C. The zero-order valence-corrected chi connectivity index (χ0v) is 11.1. The highest BCUT2D eigenvalue weighted by atomic mass is 16.2. The minimum atomic E-state index is -0.224. The lowest BCUT2D eigenvalue weighted by Gasteiger charge is -2.04. The van der Waals surface area contributed by atoms with Gasteiger partial charge >= 0.3 is 0 Å². The number of aliphatic hydroxyl groups is 1. The number of hydrogen-bond donors (Lipinski definition) is 2. The summed E-state index contributed by atoms with van der Waals surface area (Å²) in [5.74, 6) is -0.224. The molecule has 0 fully saturated rings. The summed E-state index contributed by atoms with van der Waals surface area (Å²) in [6.07, 6.45) is 0.619. The number of benzene rings is 1. The van der Waals surface area contributed by atoms with Gasteiger partial charge in [-0.2, -0.15) is 5.10 Å². The Morgan fingerprint density at radius 2 is 2.05 bits per heavy atom. The number of carbonyl (C=O) groups is 1. The van der Waals surface area contributed by atoms with Crippen LogP contribution in [0.1, 0.15) is 21.7 Å². The van der Waals surface area contributed by atoms with Crippen molar-refractivity contribution >= 4 is 11.6 Å². The predicted octanol–water partition coefficient (Wildman–Crippen LogP) is 1.52. The summed E-state index contributed by atoms with van der Waals surface area (Å²) in [6.45, 7) is 2.02. The molecule has 2 aromatic rings. The molecule has 5 heteroatoms. The molecular formula is C14H17N3O2. The lowest BCUT2D eigenvalue weighted by atomic mass is 10.1. The molecule has 5 nitrogen and oxygen atoms in total. The van der Waals surface area contributed by atoms with E-state index < -0.39 is 0 Å². The Bertz CT molecular complexity index is 553. The fourth-order valence-corrected chi connectivity index (χ4v) is 1.75. The Morgan fingerprint density at radius 3 is 2.58 bits per heavy atom. The molecule has 0 spiro atoms. The molecule has 1 aromatic carbocycles. The third-order valence-electron chi connectivity index (χ3n) is 2.96. The molecule has 1 heterocycles. The number of rotatable bonds is 4. The molecule has 1 aromatic heterocycles. The van der Waals surface area contributed by atoms with Crippen molar-refractivity contribution in [1.29, 1.82) is 0 Å². The molecule has 100 valence electrons. The normalized spacial score (nSPS) is 10.5. The Labute approximate surface area is 111 Å². The molecule has 1 amide bonds. The fraction of sp³-hybridized carbons (Fsp3) is 0.286. The first-order chi connectivity index (χ1) is 9.10. The summed E-state index contributed by atoms with van der Waals surface area (Å²) < 4.78 is 1.67. The summed E-state index contributed by atoms with van der Waals surface area (Å²) in [7, 11) is 1.80. The number of amides is 1. The van der Waals surface area contributed by atoms with Gasteiger partial charge in [0.2, 0.25) is 0 Å². The van der Waals surface area contributed by atoms with Gasteiger partial charge in [0.05, 0.1) is 0 Å². The first kappa shape index (κ1) is 13.3. The van der Waals surface area contributed by atoms with E-state index in [4.69, 9.17) is 5.11 Å². The van der Waals surface area contributed by atoms with Gasteiger partial charge in [-0.15, -0.1) is 0 Å². The first-order valence-electron chi connectivity index (χ1n) is 6.12. The van der Waals surface area contributed by atoms with Gasteiger partial charge in [0.15, 0.2) is 5.69 Å². The van der Waals surface area contributed by atoms with Crippen molar-refractivity contribution in [3.8, 4) is 0 Å². The van der Waals surface area contributed by atoms with Crippen LogP contribution in [-0.4, -0.2) is 27.4 Å². The molecular weight excluding hydrogens is 242 g/mol. The maximum atomic E-state index is 12.0. The van der Waals surface area contributed by atoms with Gasteiger partial charge in [-0.1, -0.05) is 12.1 Å². The van der Waals surface area contributed by atoms with Crippen LogP contribution in [0.15, 0.2) is 30.3 Å². The molecule has 0 unspecified atom stereocenters. The van der Waals surface area contributed by atoms with Crippen molar-refractivity contribution in [2.24, 2.45) is 7.05 Å². The minimum absolute atomic E-state index is 0.124. The van der Waals surface area contributed by atoms with Crippen molar-refractivity contribution in [2.75, 3.05) is 11.9 Å². The zero-order chi connectivity index (χ0) is 13.8. The summed E-state index contributed by atoms with van der Waals surface area (Å²) in [5.41, 5.74) is 3.09. The van der Waals surface area contributed by atoms with E-state index in [-0.39, 0.29) is 12.5 Å². The van der Waals surface area contributed by atoms with E-state index in [9.17, 15) is 4.79 Å². The maximum absolute atomic E-state index is 12.0. The van der Waals surface area contributed by atoms with Gasteiger partial charge in [0, 0.05) is 25.0 Å². The van der Waals surface area contributed by atoms with Gasteiger partial charge < -0.3 is 10.4 Å². The second-order valence-electron chi connectivity index (χ2n) is 4.42. The minimum Gasteiger partial charge on any atom is -0.396 e. The second-order valence-corrected chi connectivity index (χ2v) is 4.42. The van der Waals surface area contributed by atoms with Crippen molar-refractivity contribution in [3.63, 3.8) is 0 Å². The van der Waals surface area contributed by atoms with Crippen molar-refractivity contribution in [3.05, 3.63) is 47.3 Å². The molecule has 2 rings (SSSR count). The number of carbonyl (C=O) groups excluding carboxylic acids is 1. The van der Waals surface area contributed by atoms with E-state index in [1.807, 2.05) is 31.2 Å². The fourth-order valence-electron chi connectivity index (χ4n) is 1.75. The summed E-state index contributed by atoms with van der Waals surface area (Å²) >= 11 is 0. The van der Waals surface area contributed by atoms with Gasteiger partial charge in [-0.3, -0.25) is 9.48 Å². The Balaban J connectivity index is 2.06. The number of anilines is 1. The average molecular weight is 259 g/mol. The van der Waals surface area contributed by atoms with Gasteiger partial charge in [-0.05, 0) is 37.1 Å². The number of aliphatic hydroxyl groups excluding tert-OH is 1. The van der Waals surface area contributed by atoms with Crippen LogP contribution < -0.4 is 5.32 Å². The molecule has 0 bridgehead atoms. The monoisotopic (exact) mass is 259 g/mol. The highest BCUT2D eigenvalue weighted by Crippen LogP contribution is 2.11. The van der Waals surface area contributed by atoms with Crippen LogP contribution in [0, 0.1) is 6.92 Å². The van der Waals surface area contributed by atoms with E-state index >= 15 is 0 Å². The van der Waals surface area contributed by atoms with Gasteiger partial charge in [0.25, 0.3) is 5.91 Å². The quantitative estimate of drug-likeness (QED) is 0.874. The molecule has 0 saturated heterocycles. The van der Waals surface area contributed by atoms with E-state index in [2.05, 4.69) is 10.4 Å². The van der Waals surface area contributed by atoms with Crippen LogP contribution in [0.5, 0.6) is 0 Å². The van der Waals surface area contributed by atoms with Crippen molar-refractivity contribution < 1.29 is 9.90 Å². The van der Waals surface area contributed by atoms with Crippen molar-refractivity contribution in [2.45, 2.75) is 13.3 Å². The van der Waals surface area contributed by atoms with E-state index in [1.54, 1.807) is 17.8 Å². The average Bonchev–Trinajstić information content (AvgIpc) is 2.72. The predicted molar refractivity (Wildman–Crippen MR) is 73.1 cm³/mol. The number of aryl methyl sites for hydroxylation is 2. The Kier molecular flexibility index (Phi) is 3.97. The zero-order valence-electron chi connectivity index (χ0n) is 11.1. The Hall–Kier alpha value is -2.14. The molecule has 0 aliphatic heterocycles. The molecule has 19 heavy (non-hydrogen) atoms. The highest BCUT2D eigenvalue weighted by molar-refractivity contribution is 6.02. The lowest BCUT2D eigenvalue weighted by Crippen LogP contribution is -2.13. The molecule has 0 atom stereocenters. The van der Waals surface area contributed by atoms with E-state index in [0.29, 0.717) is 12.1 Å². The van der Waals surface area contributed by atoms with Crippen LogP contribution in [-0.2, 0) is 13.5 Å². The molecule has 0 saturated carbocycles. The third-order valence-corrected chi connectivity index (χ3v) is 2.96. The molecule has 0 aliphatic carbocycles. The van der Waals surface area contributed by atoms with Gasteiger partial charge in [0.1, 0.15) is 0 Å². The van der Waals surface area contributed by atoms with E-state index in [0.717, 1.165) is 16.9 Å². The lowest BCUT2D eigenvalue weighted by molar-refractivity contribution is 0.102. The smallest absolute Gasteiger partial charge is 0.276 e. The Morgan fingerprint density at radius 1 is 1.37 bits per heavy atom. The maximum Gasteiger partial charge on any atom is 0.276 e. The third kappa shape index (κ3) is 3.20. The molecule has 0 radical (unpaired) electrons. The summed E-state index contributed by atoms with van der Waals surface area (Å²) in [5, 5.41) is 15.7. The van der Waals surface area contributed by atoms with Crippen LogP contribution in [0.25, 0.3) is 0 Å². The largest absolute Gasteiger partial charge is 0.396 e. The molecule has 2 N–H and O–H groups in total. The highest BCUT2D eigenvalue weighted by Gasteiger charge is 2.10. The summed E-state index contributed by atoms with van der Waals surface area (Å²) in [6, 6.07) is 9.15. The number of aromatic nitrogens is 2. The van der Waals surface area contributed by atoms with Crippen LogP contribution in [0.4, 0.5) is 5.69 Å². The van der Waals surface area contributed by atoms with Crippen molar-refractivity contribution in [1.82, 2.24) is 9.78 Å².